The van der Waals surface area contributed by atoms with Crippen LogP contribution in [0.15, 0.2) is 12.1 Å². The first-order valence-electron chi connectivity index (χ1n) is 6.71. The van der Waals surface area contributed by atoms with Crippen molar-refractivity contribution in [3.05, 3.63) is 21.9 Å². The summed E-state index contributed by atoms with van der Waals surface area (Å²) in [5.41, 5.74) is 0. The summed E-state index contributed by atoms with van der Waals surface area (Å²) in [6.45, 7) is 3.40. The Balaban J connectivity index is 1.55. The van der Waals surface area contributed by atoms with Crippen LogP contribution in [0.1, 0.15) is 22.6 Å². The van der Waals surface area contributed by atoms with E-state index in [9.17, 15) is 4.79 Å². The molecule has 1 fully saturated rings. The fraction of sp³-hybridized carbons (Fsp3) is 0.643. The van der Waals surface area contributed by atoms with Gasteiger partial charge in [0.2, 0.25) is 0 Å². The molecule has 0 saturated heterocycles. The standard InChI is InChI=1S/C14H21NO3S/c1-17-14(16)8-12-4-5-13(19-12)9-15-6-7-18-10-11-2-3-11/h4-5,11,15H,2-3,6-10H2,1H3. The van der Waals surface area contributed by atoms with E-state index in [0.717, 1.165) is 37.1 Å². The third-order valence-electron chi connectivity index (χ3n) is 3.04. The minimum absolute atomic E-state index is 0.185. The number of methoxy groups -OCH3 is 1. The second-order valence-electron chi connectivity index (χ2n) is 4.82. The third-order valence-corrected chi connectivity index (χ3v) is 4.12. The van der Waals surface area contributed by atoms with Crippen molar-refractivity contribution in [3.63, 3.8) is 0 Å². The summed E-state index contributed by atoms with van der Waals surface area (Å²) in [6, 6.07) is 4.04. The number of carbonyl (C=O) groups is 1. The Hall–Kier alpha value is -0.910. The van der Waals surface area contributed by atoms with Crippen molar-refractivity contribution >= 4 is 17.3 Å². The summed E-state index contributed by atoms with van der Waals surface area (Å²) in [6.07, 6.45) is 3.04. The van der Waals surface area contributed by atoms with Gasteiger partial charge in [-0.3, -0.25) is 4.79 Å². The SMILES string of the molecule is COC(=O)Cc1ccc(CNCCOCC2CC2)s1. The maximum Gasteiger partial charge on any atom is 0.310 e. The molecule has 0 spiro atoms. The Morgan fingerprint density at radius 2 is 2.21 bits per heavy atom. The number of hydrogen-bond acceptors (Lipinski definition) is 5. The highest BCUT2D eigenvalue weighted by molar-refractivity contribution is 7.12. The van der Waals surface area contributed by atoms with Crippen molar-refractivity contribution in [1.82, 2.24) is 5.32 Å². The molecule has 1 aromatic heterocycles. The molecule has 5 heteroatoms. The van der Waals surface area contributed by atoms with Crippen LogP contribution in [0, 0.1) is 5.92 Å². The van der Waals surface area contributed by atoms with Crippen molar-refractivity contribution in [2.45, 2.75) is 25.8 Å². The van der Waals surface area contributed by atoms with E-state index in [1.165, 1.54) is 24.8 Å². The van der Waals surface area contributed by atoms with Crippen LogP contribution in [0.3, 0.4) is 0 Å². The highest BCUT2D eigenvalue weighted by Gasteiger charge is 2.20. The minimum Gasteiger partial charge on any atom is -0.469 e. The van der Waals surface area contributed by atoms with Crippen LogP contribution in [0.25, 0.3) is 0 Å². The van der Waals surface area contributed by atoms with E-state index in [1.54, 1.807) is 11.3 Å². The molecule has 0 radical (unpaired) electrons. The van der Waals surface area contributed by atoms with E-state index in [2.05, 4.69) is 16.1 Å². The van der Waals surface area contributed by atoms with Gasteiger partial charge < -0.3 is 14.8 Å². The molecule has 19 heavy (non-hydrogen) atoms. The summed E-state index contributed by atoms with van der Waals surface area (Å²) in [5, 5.41) is 3.35. The Morgan fingerprint density at radius 3 is 2.95 bits per heavy atom. The quantitative estimate of drug-likeness (QED) is 0.556. The lowest BCUT2D eigenvalue weighted by molar-refractivity contribution is -0.139. The fourth-order valence-corrected chi connectivity index (χ4v) is 2.69. The highest BCUT2D eigenvalue weighted by Crippen LogP contribution is 2.28. The van der Waals surface area contributed by atoms with Crippen molar-refractivity contribution in [2.75, 3.05) is 26.9 Å². The van der Waals surface area contributed by atoms with Crippen LogP contribution in [0.4, 0.5) is 0 Å². The van der Waals surface area contributed by atoms with Crippen LogP contribution in [-0.2, 0) is 27.2 Å². The van der Waals surface area contributed by atoms with Crippen molar-refractivity contribution < 1.29 is 14.3 Å². The Kier molecular flexibility index (Phi) is 5.82. The topological polar surface area (TPSA) is 47.6 Å². The summed E-state index contributed by atoms with van der Waals surface area (Å²) in [7, 11) is 1.42. The first-order valence-corrected chi connectivity index (χ1v) is 7.52. The van der Waals surface area contributed by atoms with Gasteiger partial charge in [-0.15, -0.1) is 11.3 Å². The second kappa shape index (κ2) is 7.62. The van der Waals surface area contributed by atoms with Crippen LogP contribution in [-0.4, -0.2) is 32.8 Å². The molecule has 1 aliphatic rings. The van der Waals surface area contributed by atoms with Crippen molar-refractivity contribution in [3.8, 4) is 0 Å². The number of carbonyl (C=O) groups excluding carboxylic acids is 1. The molecule has 1 saturated carbocycles. The van der Waals surface area contributed by atoms with Gasteiger partial charge in [0.15, 0.2) is 0 Å². The average Bonchev–Trinajstić information content (AvgIpc) is 3.13. The minimum atomic E-state index is -0.185. The van der Waals surface area contributed by atoms with E-state index in [-0.39, 0.29) is 5.97 Å². The van der Waals surface area contributed by atoms with Crippen LogP contribution in [0.2, 0.25) is 0 Å². The molecule has 0 aromatic carbocycles. The van der Waals surface area contributed by atoms with Gasteiger partial charge >= 0.3 is 5.97 Å². The zero-order valence-electron chi connectivity index (χ0n) is 11.3. The van der Waals surface area contributed by atoms with E-state index < -0.39 is 0 Å². The molecule has 0 bridgehead atoms. The molecule has 106 valence electrons. The van der Waals surface area contributed by atoms with Crippen LogP contribution in [0.5, 0.6) is 0 Å². The molecule has 1 N–H and O–H groups in total. The molecule has 0 atom stereocenters. The summed E-state index contributed by atoms with van der Waals surface area (Å²) in [5.74, 6) is 0.646. The number of nitrogens with one attached hydrogen (secondary N) is 1. The smallest absolute Gasteiger partial charge is 0.310 e. The molecule has 2 rings (SSSR count). The predicted octanol–water partition coefficient (Wildman–Crippen LogP) is 1.98. The van der Waals surface area contributed by atoms with Gasteiger partial charge in [0.1, 0.15) is 0 Å². The number of ether oxygens (including phenoxy) is 2. The first kappa shape index (κ1) is 14.5. The molecule has 0 aliphatic heterocycles. The van der Waals surface area contributed by atoms with Gasteiger partial charge in [0.25, 0.3) is 0 Å². The molecular weight excluding hydrogens is 262 g/mol. The van der Waals surface area contributed by atoms with Gasteiger partial charge in [0.05, 0.1) is 20.1 Å². The van der Waals surface area contributed by atoms with Gasteiger partial charge in [-0.1, -0.05) is 0 Å². The summed E-state index contributed by atoms with van der Waals surface area (Å²) < 4.78 is 10.2. The monoisotopic (exact) mass is 283 g/mol. The average molecular weight is 283 g/mol. The maximum absolute atomic E-state index is 11.1. The maximum atomic E-state index is 11.1. The zero-order valence-corrected chi connectivity index (χ0v) is 12.1. The first-order chi connectivity index (χ1) is 9.28. The Labute approximate surface area is 118 Å². The molecule has 1 aromatic rings. The van der Waals surface area contributed by atoms with Gasteiger partial charge in [-0.05, 0) is 30.9 Å². The van der Waals surface area contributed by atoms with Crippen LogP contribution < -0.4 is 5.32 Å². The Morgan fingerprint density at radius 1 is 1.42 bits per heavy atom. The lowest BCUT2D eigenvalue weighted by atomic mass is 10.3. The summed E-state index contributed by atoms with van der Waals surface area (Å²) >= 11 is 1.65. The second-order valence-corrected chi connectivity index (χ2v) is 6.07. The molecule has 0 unspecified atom stereocenters. The predicted molar refractivity (Wildman–Crippen MR) is 75.3 cm³/mol. The largest absolute Gasteiger partial charge is 0.469 e. The number of esters is 1. The van der Waals surface area contributed by atoms with E-state index in [0.29, 0.717) is 6.42 Å². The van der Waals surface area contributed by atoms with Crippen molar-refractivity contribution in [2.24, 2.45) is 5.92 Å². The normalized spacial score (nSPS) is 14.6. The molecule has 4 nitrogen and oxygen atoms in total. The van der Waals surface area contributed by atoms with Crippen molar-refractivity contribution in [1.29, 1.82) is 0 Å². The number of thiophene rings is 1. The third kappa shape index (κ3) is 5.72. The lowest BCUT2D eigenvalue weighted by Gasteiger charge is -2.04. The summed E-state index contributed by atoms with van der Waals surface area (Å²) in [4.78, 5) is 13.4. The van der Waals surface area contributed by atoms with E-state index >= 15 is 0 Å². The van der Waals surface area contributed by atoms with Gasteiger partial charge in [-0.25, -0.2) is 0 Å². The molecule has 1 aliphatic carbocycles. The number of hydrogen-bond donors (Lipinski definition) is 1. The molecular formula is C14H21NO3S. The molecule has 1 heterocycles. The van der Waals surface area contributed by atoms with E-state index in [1.807, 2.05) is 6.07 Å². The van der Waals surface area contributed by atoms with Crippen LogP contribution >= 0.6 is 11.3 Å². The fourth-order valence-electron chi connectivity index (χ4n) is 1.72. The van der Waals surface area contributed by atoms with E-state index in [4.69, 9.17) is 4.74 Å². The van der Waals surface area contributed by atoms with Gasteiger partial charge in [0, 0.05) is 29.5 Å². The lowest BCUT2D eigenvalue weighted by Crippen LogP contribution is -2.19. The Bertz CT molecular complexity index is 401. The number of rotatable bonds is 9. The highest BCUT2D eigenvalue weighted by atomic mass is 32.1. The zero-order chi connectivity index (χ0) is 13.5. The van der Waals surface area contributed by atoms with Gasteiger partial charge in [-0.2, -0.15) is 0 Å². The molecule has 0 amide bonds.